The molecule has 114 valence electrons. The topological polar surface area (TPSA) is 53.6 Å². The molecule has 1 amide bonds. The second kappa shape index (κ2) is 11.2. The van der Waals surface area contributed by atoms with Crippen LogP contribution in [0.4, 0.5) is 0 Å². The van der Waals surface area contributed by atoms with E-state index in [1.165, 1.54) is 0 Å². The molecule has 0 aromatic heterocycles. The quantitative estimate of drug-likeness (QED) is 0.544. The molecule has 1 atom stereocenters. The van der Waals surface area contributed by atoms with Gasteiger partial charge in [0.25, 0.3) is 0 Å². The Kier molecular flexibility index (Phi) is 10.8. The van der Waals surface area contributed by atoms with E-state index in [4.69, 9.17) is 4.74 Å². The number of hydrogen-bond acceptors (Lipinski definition) is 4. The Bertz CT molecular complexity index is 233. The summed E-state index contributed by atoms with van der Waals surface area (Å²) in [5.41, 5.74) is 0. The van der Waals surface area contributed by atoms with E-state index in [2.05, 4.69) is 29.4 Å². The smallest absolute Gasteiger partial charge is 0.236 e. The van der Waals surface area contributed by atoms with Crippen molar-refractivity contribution < 1.29 is 9.53 Å². The van der Waals surface area contributed by atoms with Gasteiger partial charge in [-0.15, -0.1) is 0 Å². The zero-order valence-electron chi connectivity index (χ0n) is 13.2. The largest absolute Gasteiger partial charge is 0.379 e. The van der Waals surface area contributed by atoms with E-state index in [-0.39, 0.29) is 11.9 Å². The molecule has 5 nitrogen and oxygen atoms in total. The molecule has 0 aliphatic carbocycles. The highest BCUT2D eigenvalue weighted by molar-refractivity contribution is 5.81. The predicted molar refractivity (Wildman–Crippen MR) is 79.3 cm³/mol. The molecule has 19 heavy (non-hydrogen) atoms. The lowest BCUT2D eigenvalue weighted by molar-refractivity contribution is -0.122. The molecule has 0 aromatic carbocycles. The monoisotopic (exact) mass is 273 g/mol. The third-order valence-electron chi connectivity index (χ3n) is 2.79. The lowest BCUT2D eigenvalue weighted by atomic mass is 10.1. The Morgan fingerprint density at radius 1 is 1.16 bits per heavy atom. The standard InChI is InChI=1S/C14H31N3O2/c1-12(2)6-7-16-14(18)13(3)15-8-10-19-11-9-17(4)5/h12-13,15H,6-11H2,1-5H3,(H,16,18). The van der Waals surface area contributed by atoms with Crippen LogP contribution in [-0.2, 0) is 9.53 Å². The van der Waals surface area contributed by atoms with Crippen LogP contribution in [0.15, 0.2) is 0 Å². The van der Waals surface area contributed by atoms with Gasteiger partial charge >= 0.3 is 0 Å². The molecule has 0 radical (unpaired) electrons. The molecule has 0 saturated heterocycles. The summed E-state index contributed by atoms with van der Waals surface area (Å²) in [6, 6.07) is -0.162. The molecular formula is C14H31N3O2. The molecule has 0 aromatic rings. The van der Waals surface area contributed by atoms with Crippen LogP contribution in [0.5, 0.6) is 0 Å². The number of nitrogens with one attached hydrogen (secondary N) is 2. The number of carbonyl (C=O) groups excluding carboxylic acids is 1. The summed E-state index contributed by atoms with van der Waals surface area (Å²) in [5, 5.41) is 6.09. The highest BCUT2D eigenvalue weighted by Crippen LogP contribution is 1.96. The lowest BCUT2D eigenvalue weighted by Crippen LogP contribution is -2.43. The minimum absolute atomic E-state index is 0.0638. The maximum atomic E-state index is 11.7. The Hall–Kier alpha value is -0.650. The first-order valence-electron chi connectivity index (χ1n) is 7.17. The highest BCUT2D eigenvalue weighted by Gasteiger charge is 2.10. The van der Waals surface area contributed by atoms with E-state index in [1.807, 2.05) is 21.0 Å². The molecule has 1 unspecified atom stereocenters. The third-order valence-corrected chi connectivity index (χ3v) is 2.79. The number of amides is 1. The van der Waals surface area contributed by atoms with Crippen molar-refractivity contribution in [2.24, 2.45) is 5.92 Å². The molecule has 0 aliphatic rings. The van der Waals surface area contributed by atoms with E-state index >= 15 is 0 Å². The van der Waals surface area contributed by atoms with E-state index in [0.717, 1.165) is 26.1 Å². The number of likely N-dealkylation sites (N-methyl/N-ethyl adjacent to an activating group) is 1. The van der Waals surface area contributed by atoms with Crippen LogP contribution in [-0.4, -0.2) is 63.8 Å². The fourth-order valence-corrected chi connectivity index (χ4v) is 1.43. The van der Waals surface area contributed by atoms with Gasteiger partial charge in [-0.2, -0.15) is 0 Å². The Morgan fingerprint density at radius 2 is 1.84 bits per heavy atom. The van der Waals surface area contributed by atoms with Crippen molar-refractivity contribution in [1.29, 1.82) is 0 Å². The summed E-state index contributed by atoms with van der Waals surface area (Å²) < 4.78 is 5.45. The normalized spacial score (nSPS) is 13.0. The maximum absolute atomic E-state index is 11.7. The van der Waals surface area contributed by atoms with Gasteiger partial charge in [0.05, 0.1) is 19.3 Å². The summed E-state index contributed by atoms with van der Waals surface area (Å²) >= 11 is 0. The minimum atomic E-state index is -0.162. The number of ether oxygens (including phenoxy) is 1. The first-order valence-corrected chi connectivity index (χ1v) is 7.17. The molecule has 0 saturated carbocycles. The zero-order chi connectivity index (χ0) is 14.7. The van der Waals surface area contributed by atoms with Gasteiger partial charge in [-0.05, 0) is 33.4 Å². The molecular weight excluding hydrogens is 242 g/mol. The average molecular weight is 273 g/mol. The van der Waals surface area contributed by atoms with Crippen LogP contribution in [0.25, 0.3) is 0 Å². The summed E-state index contributed by atoms with van der Waals surface area (Å²) in [7, 11) is 4.04. The predicted octanol–water partition coefficient (Wildman–Crippen LogP) is 0.705. The zero-order valence-corrected chi connectivity index (χ0v) is 13.2. The molecule has 0 bridgehead atoms. The van der Waals surface area contributed by atoms with Crippen LogP contribution in [0, 0.1) is 5.92 Å². The van der Waals surface area contributed by atoms with Crippen molar-refractivity contribution in [1.82, 2.24) is 15.5 Å². The molecule has 5 heteroatoms. The Labute approximate surface area is 118 Å². The molecule has 0 spiro atoms. The number of carbonyl (C=O) groups is 1. The molecule has 2 N–H and O–H groups in total. The third kappa shape index (κ3) is 12.1. The molecule has 0 heterocycles. The highest BCUT2D eigenvalue weighted by atomic mass is 16.5. The van der Waals surface area contributed by atoms with Gasteiger partial charge in [0.15, 0.2) is 0 Å². The average Bonchev–Trinajstić information content (AvgIpc) is 2.32. The van der Waals surface area contributed by atoms with Gasteiger partial charge in [0.1, 0.15) is 0 Å². The van der Waals surface area contributed by atoms with Crippen LogP contribution >= 0.6 is 0 Å². The second-order valence-corrected chi connectivity index (χ2v) is 5.57. The van der Waals surface area contributed by atoms with Crippen molar-refractivity contribution in [2.45, 2.75) is 33.2 Å². The molecule has 0 fully saturated rings. The molecule has 0 rings (SSSR count). The maximum Gasteiger partial charge on any atom is 0.236 e. The van der Waals surface area contributed by atoms with Crippen LogP contribution in [0.1, 0.15) is 27.2 Å². The van der Waals surface area contributed by atoms with Crippen molar-refractivity contribution in [3.8, 4) is 0 Å². The van der Waals surface area contributed by atoms with E-state index in [0.29, 0.717) is 19.1 Å². The van der Waals surface area contributed by atoms with Crippen molar-refractivity contribution in [3.63, 3.8) is 0 Å². The lowest BCUT2D eigenvalue weighted by Gasteiger charge is -2.15. The Balaban J connectivity index is 3.46. The fourth-order valence-electron chi connectivity index (χ4n) is 1.43. The summed E-state index contributed by atoms with van der Waals surface area (Å²) in [6.07, 6.45) is 1.02. The first-order chi connectivity index (χ1) is 8.93. The minimum Gasteiger partial charge on any atom is -0.379 e. The van der Waals surface area contributed by atoms with E-state index in [9.17, 15) is 4.79 Å². The van der Waals surface area contributed by atoms with Gasteiger partial charge in [-0.3, -0.25) is 4.79 Å². The van der Waals surface area contributed by atoms with E-state index < -0.39 is 0 Å². The first kappa shape index (κ1) is 18.4. The second-order valence-electron chi connectivity index (χ2n) is 5.57. The SMILES string of the molecule is CC(C)CCNC(=O)C(C)NCCOCCN(C)C. The van der Waals surface area contributed by atoms with Crippen molar-refractivity contribution >= 4 is 5.91 Å². The molecule has 0 aliphatic heterocycles. The number of rotatable bonds is 11. The van der Waals surface area contributed by atoms with Crippen LogP contribution < -0.4 is 10.6 Å². The van der Waals surface area contributed by atoms with Crippen molar-refractivity contribution in [3.05, 3.63) is 0 Å². The summed E-state index contributed by atoms with van der Waals surface area (Å²) in [5.74, 6) is 0.683. The number of nitrogens with zero attached hydrogens (tertiary/aromatic N) is 1. The summed E-state index contributed by atoms with van der Waals surface area (Å²) in [6.45, 7) is 9.92. The van der Waals surface area contributed by atoms with Crippen LogP contribution in [0.2, 0.25) is 0 Å². The number of hydrogen-bond donors (Lipinski definition) is 2. The summed E-state index contributed by atoms with van der Waals surface area (Å²) in [4.78, 5) is 13.8. The van der Waals surface area contributed by atoms with Gasteiger partial charge in [0, 0.05) is 19.6 Å². The van der Waals surface area contributed by atoms with E-state index in [1.54, 1.807) is 0 Å². The van der Waals surface area contributed by atoms with Gasteiger partial charge in [-0.1, -0.05) is 13.8 Å². The Morgan fingerprint density at radius 3 is 2.42 bits per heavy atom. The van der Waals surface area contributed by atoms with Crippen molar-refractivity contribution in [2.75, 3.05) is 46.9 Å². The van der Waals surface area contributed by atoms with Crippen LogP contribution in [0.3, 0.4) is 0 Å². The van der Waals surface area contributed by atoms with Gasteiger partial charge in [0.2, 0.25) is 5.91 Å². The van der Waals surface area contributed by atoms with Gasteiger partial charge < -0.3 is 20.3 Å². The van der Waals surface area contributed by atoms with Gasteiger partial charge in [-0.25, -0.2) is 0 Å². The fraction of sp³-hybridized carbons (Fsp3) is 0.929.